The predicted octanol–water partition coefficient (Wildman–Crippen LogP) is 2.23. The molecule has 2 aliphatic carbocycles. The van der Waals surface area contributed by atoms with Crippen molar-refractivity contribution in [1.82, 2.24) is 10.2 Å². The van der Waals surface area contributed by atoms with Gasteiger partial charge in [0.05, 0.1) is 5.92 Å². The summed E-state index contributed by atoms with van der Waals surface area (Å²) < 4.78 is 0. The van der Waals surface area contributed by atoms with E-state index in [9.17, 15) is 9.59 Å². The summed E-state index contributed by atoms with van der Waals surface area (Å²) in [6, 6.07) is 0.766. The van der Waals surface area contributed by atoms with Crippen molar-refractivity contribution in [3.05, 3.63) is 0 Å². The second-order valence-corrected chi connectivity index (χ2v) is 6.73. The van der Waals surface area contributed by atoms with E-state index in [2.05, 4.69) is 5.32 Å². The number of likely N-dealkylation sites (tertiary alicyclic amines) is 1. The molecule has 1 saturated heterocycles. The molecule has 1 unspecified atom stereocenters. The number of amides is 2. The van der Waals surface area contributed by atoms with Crippen LogP contribution in [0.1, 0.15) is 64.2 Å². The molecule has 0 aromatic heterocycles. The number of hydrogen-bond donors (Lipinski definition) is 1. The topological polar surface area (TPSA) is 49.4 Å². The van der Waals surface area contributed by atoms with Gasteiger partial charge in [-0.1, -0.05) is 32.1 Å². The highest BCUT2D eigenvalue weighted by molar-refractivity contribution is 5.89. The molecule has 0 spiro atoms. The summed E-state index contributed by atoms with van der Waals surface area (Å²) >= 11 is 0. The van der Waals surface area contributed by atoms with Crippen LogP contribution in [0.2, 0.25) is 0 Å². The van der Waals surface area contributed by atoms with Crippen molar-refractivity contribution in [3.8, 4) is 0 Å². The average molecular weight is 278 g/mol. The zero-order valence-corrected chi connectivity index (χ0v) is 12.3. The molecule has 3 rings (SSSR count). The van der Waals surface area contributed by atoms with Gasteiger partial charge in [0.2, 0.25) is 11.8 Å². The van der Waals surface area contributed by atoms with Gasteiger partial charge in [-0.05, 0) is 25.7 Å². The first-order chi connectivity index (χ1) is 9.74. The standard InChI is InChI=1S/C16H26N2O2/c19-15-10-12(16(20)17-13-6-4-5-7-13)11-18(15)14-8-2-1-3-9-14/h12-14H,1-11H2,(H,17,20). The normalized spacial score (nSPS) is 29.1. The van der Waals surface area contributed by atoms with E-state index in [1.807, 2.05) is 4.90 Å². The highest BCUT2D eigenvalue weighted by Gasteiger charge is 2.38. The van der Waals surface area contributed by atoms with Crippen molar-refractivity contribution in [2.75, 3.05) is 6.54 Å². The van der Waals surface area contributed by atoms with E-state index in [4.69, 9.17) is 0 Å². The third-order valence-electron chi connectivity index (χ3n) is 5.25. The van der Waals surface area contributed by atoms with Gasteiger partial charge in [-0.15, -0.1) is 0 Å². The molecule has 0 bridgehead atoms. The van der Waals surface area contributed by atoms with Crippen molar-refractivity contribution in [1.29, 1.82) is 0 Å². The van der Waals surface area contributed by atoms with E-state index in [1.165, 1.54) is 32.1 Å². The van der Waals surface area contributed by atoms with Crippen LogP contribution in [-0.2, 0) is 9.59 Å². The Morgan fingerprint density at radius 3 is 2.35 bits per heavy atom. The number of carbonyl (C=O) groups is 2. The lowest BCUT2D eigenvalue weighted by atomic mass is 9.94. The van der Waals surface area contributed by atoms with Gasteiger partial charge >= 0.3 is 0 Å². The first kappa shape index (κ1) is 13.9. The quantitative estimate of drug-likeness (QED) is 0.860. The Hall–Kier alpha value is -1.06. The summed E-state index contributed by atoms with van der Waals surface area (Å²) in [6.07, 6.45) is 11.1. The molecule has 1 heterocycles. The van der Waals surface area contributed by atoms with E-state index >= 15 is 0 Å². The molecule has 0 aromatic carbocycles. The summed E-state index contributed by atoms with van der Waals surface area (Å²) in [5.41, 5.74) is 0. The fraction of sp³-hybridized carbons (Fsp3) is 0.875. The zero-order valence-electron chi connectivity index (χ0n) is 12.3. The van der Waals surface area contributed by atoms with E-state index in [-0.39, 0.29) is 17.7 Å². The van der Waals surface area contributed by atoms with Crippen LogP contribution in [0, 0.1) is 5.92 Å². The van der Waals surface area contributed by atoms with Crippen LogP contribution in [0.25, 0.3) is 0 Å². The number of rotatable bonds is 3. The highest BCUT2D eigenvalue weighted by atomic mass is 16.2. The monoisotopic (exact) mass is 278 g/mol. The highest BCUT2D eigenvalue weighted by Crippen LogP contribution is 2.29. The lowest BCUT2D eigenvalue weighted by Gasteiger charge is -2.31. The van der Waals surface area contributed by atoms with Crippen molar-refractivity contribution in [3.63, 3.8) is 0 Å². The molecule has 4 nitrogen and oxygen atoms in total. The fourth-order valence-corrected chi connectivity index (χ4v) is 4.04. The second kappa shape index (κ2) is 6.15. The molecule has 1 aliphatic heterocycles. The van der Waals surface area contributed by atoms with Gasteiger partial charge in [-0.3, -0.25) is 9.59 Å². The lowest BCUT2D eigenvalue weighted by Crippen LogP contribution is -2.41. The van der Waals surface area contributed by atoms with Crippen LogP contribution in [0.15, 0.2) is 0 Å². The number of nitrogens with zero attached hydrogens (tertiary/aromatic N) is 1. The van der Waals surface area contributed by atoms with Crippen LogP contribution >= 0.6 is 0 Å². The van der Waals surface area contributed by atoms with Crippen molar-refractivity contribution in [2.45, 2.75) is 76.3 Å². The molecule has 1 atom stereocenters. The van der Waals surface area contributed by atoms with Crippen molar-refractivity contribution in [2.24, 2.45) is 5.92 Å². The second-order valence-electron chi connectivity index (χ2n) is 6.73. The molecule has 20 heavy (non-hydrogen) atoms. The molecule has 2 saturated carbocycles. The van der Waals surface area contributed by atoms with E-state index < -0.39 is 0 Å². The summed E-state index contributed by atoms with van der Waals surface area (Å²) in [5.74, 6) is 0.206. The Morgan fingerprint density at radius 1 is 1.00 bits per heavy atom. The Bertz CT molecular complexity index is 371. The Balaban J connectivity index is 1.53. The fourth-order valence-electron chi connectivity index (χ4n) is 4.04. The summed E-state index contributed by atoms with van der Waals surface area (Å²) in [7, 11) is 0. The first-order valence-corrected chi connectivity index (χ1v) is 8.34. The van der Waals surface area contributed by atoms with Gasteiger partial charge in [0, 0.05) is 25.0 Å². The van der Waals surface area contributed by atoms with Gasteiger partial charge < -0.3 is 10.2 Å². The van der Waals surface area contributed by atoms with Crippen LogP contribution in [0.4, 0.5) is 0 Å². The molecule has 112 valence electrons. The Labute approximate surface area is 121 Å². The minimum atomic E-state index is -0.106. The predicted molar refractivity (Wildman–Crippen MR) is 77.1 cm³/mol. The van der Waals surface area contributed by atoms with Gasteiger partial charge in [0.1, 0.15) is 0 Å². The zero-order chi connectivity index (χ0) is 13.9. The Morgan fingerprint density at radius 2 is 1.65 bits per heavy atom. The molecule has 2 amide bonds. The molecule has 3 fully saturated rings. The smallest absolute Gasteiger partial charge is 0.225 e. The maximum atomic E-state index is 12.3. The van der Waals surface area contributed by atoms with Crippen LogP contribution in [0.3, 0.4) is 0 Å². The Kier molecular flexibility index (Phi) is 4.27. The first-order valence-electron chi connectivity index (χ1n) is 8.34. The molecule has 0 aromatic rings. The average Bonchev–Trinajstić information content (AvgIpc) is 3.09. The molecule has 0 radical (unpaired) electrons. The van der Waals surface area contributed by atoms with Crippen LogP contribution in [0.5, 0.6) is 0 Å². The summed E-state index contributed by atoms with van der Waals surface area (Å²) in [6.45, 7) is 0.655. The SMILES string of the molecule is O=C(NC1CCCC1)C1CC(=O)N(C2CCCCC2)C1. The number of nitrogens with one attached hydrogen (secondary N) is 1. The molecular formula is C16H26N2O2. The third kappa shape index (κ3) is 2.99. The van der Waals surface area contributed by atoms with Crippen molar-refractivity contribution < 1.29 is 9.59 Å². The van der Waals surface area contributed by atoms with Gasteiger partial charge in [0.15, 0.2) is 0 Å². The molecule has 1 N–H and O–H groups in total. The van der Waals surface area contributed by atoms with E-state index in [0.717, 1.165) is 25.7 Å². The van der Waals surface area contributed by atoms with Gasteiger partial charge in [-0.2, -0.15) is 0 Å². The number of carbonyl (C=O) groups excluding carboxylic acids is 2. The summed E-state index contributed by atoms with van der Waals surface area (Å²) in [4.78, 5) is 26.5. The van der Waals surface area contributed by atoms with Gasteiger partial charge in [-0.25, -0.2) is 0 Å². The molecule has 4 heteroatoms. The largest absolute Gasteiger partial charge is 0.353 e. The van der Waals surface area contributed by atoms with Crippen molar-refractivity contribution >= 4 is 11.8 Å². The maximum Gasteiger partial charge on any atom is 0.225 e. The van der Waals surface area contributed by atoms with E-state index in [1.54, 1.807) is 0 Å². The van der Waals surface area contributed by atoms with Crippen LogP contribution in [-0.4, -0.2) is 35.3 Å². The van der Waals surface area contributed by atoms with Gasteiger partial charge in [0.25, 0.3) is 0 Å². The minimum Gasteiger partial charge on any atom is -0.353 e. The minimum absolute atomic E-state index is 0.106. The lowest BCUT2D eigenvalue weighted by molar-refractivity contribution is -0.130. The summed E-state index contributed by atoms with van der Waals surface area (Å²) in [5, 5.41) is 3.15. The third-order valence-corrected chi connectivity index (χ3v) is 5.25. The van der Waals surface area contributed by atoms with Crippen LogP contribution < -0.4 is 5.32 Å². The molecule has 3 aliphatic rings. The van der Waals surface area contributed by atoms with E-state index in [0.29, 0.717) is 25.0 Å². The number of hydrogen-bond acceptors (Lipinski definition) is 2. The molecular weight excluding hydrogens is 252 g/mol. The maximum absolute atomic E-state index is 12.3.